The van der Waals surface area contributed by atoms with Crippen molar-refractivity contribution in [1.82, 2.24) is 30.4 Å². The second-order valence-electron chi connectivity index (χ2n) is 17.8. The monoisotopic (exact) mass is 2080 g/mol. The van der Waals surface area contributed by atoms with Crippen molar-refractivity contribution in [2.24, 2.45) is 0 Å². The van der Waals surface area contributed by atoms with Gasteiger partial charge in [0.2, 0.25) is 11.6 Å². The van der Waals surface area contributed by atoms with Gasteiger partial charge < -0.3 is 30.6 Å². The average Bonchev–Trinajstić information content (AvgIpc) is 1.44. The fourth-order valence-electron chi connectivity index (χ4n) is 5.57. The van der Waals surface area contributed by atoms with Crippen LogP contribution in [0.15, 0.2) is 213 Å². The summed E-state index contributed by atoms with van der Waals surface area (Å²) in [4.78, 5) is 73.7. The molecule has 0 aliphatic heterocycles. The number of thiophene rings is 6. The minimum absolute atomic E-state index is 0. The van der Waals surface area contributed by atoms with E-state index in [1.807, 2.05) is 24.3 Å². The Bertz CT molecular complexity index is 3950. The second-order valence-corrected chi connectivity index (χ2v) is 25.1. The molecule has 9 rings (SSSR count). The van der Waals surface area contributed by atoms with Crippen molar-refractivity contribution in [3.63, 3.8) is 0 Å². The molecule has 9 aromatic heterocycles. The molecule has 604 valence electrons. The van der Waals surface area contributed by atoms with Crippen LogP contribution in [0.3, 0.4) is 0 Å². The Hall–Kier alpha value is -6.36. The summed E-state index contributed by atoms with van der Waals surface area (Å²) < 4.78 is 211. The van der Waals surface area contributed by atoms with Crippen LogP contribution in [-0.2, 0) is 9.59 Å². The molecule has 0 bridgehead atoms. The van der Waals surface area contributed by atoms with Crippen LogP contribution >= 0.6 is 114 Å². The average molecular weight is 2080 g/mol. The largest absolute Gasteiger partial charge is 3.00 e. The van der Waals surface area contributed by atoms with Gasteiger partial charge in [0.25, 0.3) is 11.6 Å². The molecule has 48 heteroatoms. The standard InChI is InChI=1S/C12H8N6.6C8H5F3O2S.2CH2Cl2.2Yb/c1-3-7-13-9(5-1)11-15-17-12(18-16-11)10-6-2-4-8-14-10;6*9-8(10,11)7(13)4-5(12)6-2-1-3-14-6;2*2-1-3;;/h1-8H;4*1-4,13H;2*1-4,12H;2*1H2;;/q;;;;;;;;;2*+3/p-6/b;4*7-4-;2*5-4-;;;;. The summed E-state index contributed by atoms with van der Waals surface area (Å²) in [6.07, 6.45) is -26.2. The van der Waals surface area contributed by atoms with Crippen LogP contribution in [0.5, 0.6) is 0 Å². The topological polar surface area (TPSA) is 318 Å². The van der Waals surface area contributed by atoms with Gasteiger partial charge in [-0.1, -0.05) is 60.0 Å². The minimum Gasteiger partial charge on any atom is -0.871 e. The molecule has 0 amide bonds. The molecule has 0 N–H and O–H groups in total. The van der Waals surface area contributed by atoms with Crippen molar-refractivity contribution in [3.05, 3.63) is 243 Å². The molecule has 9 aromatic rings. The number of carbonyl (C=O) groups excluding carboxylic acids is 6. The van der Waals surface area contributed by atoms with E-state index in [1.54, 1.807) is 56.8 Å². The van der Waals surface area contributed by atoms with Gasteiger partial charge in [0.05, 0.1) is 30.2 Å². The van der Waals surface area contributed by atoms with Crippen molar-refractivity contribution in [2.45, 2.75) is 37.1 Å². The number of carbonyl (C=O) groups is 6. The zero-order valence-corrected chi connectivity index (χ0v) is 64.1. The fourth-order valence-corrected chi connectivity index (χ4v) is 9.38. The smallest absolute Gasteiger partial charge is 0.871 e. The third kappa shape index (κ3) is 43.6. The first-order valence-corrected chi connectivity index (χ1v) is 34.5. The molecule has 2 radical (unpaired) electrons. The Kier molecular flexibility index (Phi) is 50.8. The Morgan fingerprint density at radius 1 is 0.309 bits per heavy atom. The van der Waals surface area contributed by atoms with E-state index in [-0.39, 0.29) is 170 Å². The van der Waals surface area contributed by atoms with E-state index in [4.69, 9.17) is 46.4 Å². The summed E-state index contributed by atoms with van der Waals surface area (Å²) >= 11 is 25.0. The summed E-state index contributed by atoms with van der Waals surface area (Å²) in [5, 5.41) is 89.1. The van der Waals surface area contributed by atoms with Crippen LogP contribution in [-0.4, -0.2) is 113 Å². The predicted molar refractivity (Wildman–Crippen MR) is 355 cm³/mol. The quantitative estimate of drug-likeness (QED) is 0.0321. The number of hydrogen-bond acceptors (Lipinski definition) is 24. The van der Waals surface area contributed by atoms with E-state index in [1.165, 1.54) is 72.8 Å². The molecule has 110 heavy (non-hydrogen) atoms. The van der Waals surface area contributed by atoms with Gasteiger partial charge in [-0.2, -0.15) is 79.0 Å². The van der Waals surface area contributed by atoms with Crippen molar-refractivity contribution in [1.29, 1.82) is 0 Å². The first kappa shape index (κ1) is 106. The van der Waals surface area contributed by atoms with E-state index >= 15 is 0 Å². The first-order valence-electron chi connectivity index (χ1n) is 27.1. The summed E-state index contributed by atoms with van der Waals surface area (Å²) in [6.45, 7) is 0. The molecule has 0 aliphatic rings. The number of halogens is 22. The van der Waals surface area contributed by atoms with Crippen LogP contribution in [0.25, 0.3) is 34.6 Å². The maximum atomic E-state index is 11.7. The molecular weight excluding hydrogens is 2040 g/mol. The van der Waals surface area contributed by atoms with Gasteiger partial charge in [-0.25, -0.2) is 0 Å². The van der Waals surface area contributed by atoms with Crippen molar-refractivity contribution in [3.8, 4) is 23.0 Å². The molecule has 0 saturated heterocycles. The van der Waals surface area contributed by atoms with Crippen LogP contribution in [0, 0.1) is 93.8 Å². The Morgan fingerprint density at radius 3 is 0.664 bits per heavy atom. The molecular formula is C62H36Cl4F18N6O12S6Yb2. The van der Waals surface area contributed by atoms with Crippen LogP contribution in [0.1, 0.15) is 48.4 Å². The van der Waals surface area contributed by atoms with Gasteiger partial charge in [-0.3, -0.25) is 38.7 Å². The van der Waals surface area contributed by atoms with E-state index in [0.717, 1.165) is 68.0 Å². The summed E-state index contributed by atoms with van der Waals surface area (Å²) in [7, 11) is 0. The molecule has 0 fully saturated rings. The maximum Gasteiger partial charge on any atom is 3.00 e. The maximum absolute atomic E-state index is 11.7. The zero-order valence-electron chi connectivity index (χ0n) is 52.8. The Balaban J connectivity index is 0. The SMILES string of the molecule is ClCCl.ClCCl.O=C(/C=C(\[O-])C(F)(F)F)c1cccs1.O=C(/C=C(\[O-])C(F)(F)F)c1cccs1.O=C(/C=C(\[O-])C(F)(F)F)c1cccs1.O=C(/C=C(\[O-])C(F)(F)F)c1cccs1.O=C(/C=C(\[O-])c1cccs1)C(F)(F)F.O=C(/C=C(\[O-])c1cccs1)C(F)(F)F.[Yb+3].[Yb+3].c1ccc(-c2nnc(-c3ccccn3)nn2)nc1. The van der Waals surface area contributed by atoms with Crippen LogP contribution in [0.4, 0.5) is 79.0 Å². The van der Waals surface area contributed by atoms with Gasteiger partial charge in [-0.05, 0) is 152 Å². The zero-order chi connectivity index (χ0) is 82.2. The molecule has 0 aromatic carbocycles. The predicted octanol–water partition coefficient (Wildman–Crippen LogP) is 14.3. The van der Waals surface area contributed by atoms with Crippen LogP contribution in [0.2, 0.25) is 0 Å². The van der Waals surface area contributed by atoms with Gasteiger partial charge in [0.15, 0.2) is 23.1 Å². The van der Waals surface area contributed by atoms with Crippen LogP contribution < -0.4 is 30.6 Å². The van der Waals surface area contributed by atoms with E-state index in [9.17, 15) is 138 Å². The number of allylic oxidation sites excluding steroid dienone is 10. The molecule has 0 saturated carbocycles. The molecule has 0 unspecified atom stereocenters. The number of hydrogen-bond donors (Lipinski definition) is 0. The Labute approximate surface area is 728 Å². The number of alkyl halides is 22. The van der Waals surface area contributed by atoms with Crippen molar-refractivity contribution in [2.75, 3.05) is 10.7 Å². The molecule has 0 atom stereocenters. The van der Waals surface area contributed by atoms with Gasteiger partial charge in [0, 0.05) is 22.1 Å². The number of aromatic nitrogens is 6. The fraction of sp³-hybridized carbons (Fsp3) is 0.129. The summed E-state index contributed by atoms with van der Waals surface area (Å²) in [6, 6.07) is 28.2. The number of pyridine rings is 2. The van der Waals surface area contributed by atoms with Crippen molar-refractivity contribution >= 4 is 161 Å². The summed E-state index contributed by atoms with van der Waals surface area (Å²) in [5.41, 5.74) is 1.29. The second kappa shape index (κ2) is 52.9. The van der Waals surface area contributed by atoms with Gasteiger partial charge in [0.1, 0.15) is 11.4 Å². The van der Waals surface area contributed by atoms with Gasteiger partial charge in [-0.15, -0.1) is 135 Å². The molecule has 0 aliphatic carbocycles. The number of nitrogens with zero attached hydrogens (tertiary/aromatic N) is 6. The first-order chi connectivity index (χ1) is 50.2. The number of ketones is 6. The molecule has 18 nitrogen and oxygen atoms in total. The summed E-state index contributed by atoms with van der Waals surface area (Å²) in [5.74, 6) is -17.5. The van der Waals surface area contributed by atoms with E-state index in [0.29, 0.717) is 23.0 Å². The molecule has 9 heterocycles. The third-order valence-corrected chi connectivity index (χ3v) is 15.4. The minimum atomic E-state index is -4.98. The van der Waals surface area contributed by atoms with E-state index in [2.05, 4.69) is 30.4 Å². The number of rotatable bonds is 14. The van der Waals surface area contributed by atoms with E-state index < -0.39 is 106 Å². The van der Waals surface area contributed by atoms with Gasteiger partial charge >= 0.3 is 131 Å². The third-order valence-electron chi connectivity index (χ3n) is 10.1. The molecule has 0 spiro atoms. The van der Waals surface area contributed by atoms with Crippen molar-refractivity contribution < 1.29 is 232 Å². The normalized spacial score (nSPS) is 11.9. The Morgan fingerprint density at radius 2 is 0.509 bits per heavy atom.